The van der Waals surface area contributed by atoms with Gasteiger partial charge in [-0.3, -0.25) is 0 Å². The molecular weight excluding hydrogens is 290 g/mol. The van der Waals surface area contributed by atoms with Crippen LogP contribution in [0.5, 0.6) is 0 Å². The fourth-order valence-corrected chi connectivity index (χ4v) is 2.40. The number of rotatable bonds is 9. The summed E-state index contributed by atoms with van der Waals surface area (Å²) >= 11 is 5.99. The largest absolute Gasteiger partial charge is 0.382 e. The lowest BCUT2D eigenvalue weighted by molar-refractivity contribution is 0.0684. The first kappa shape index (κ1) is 16.2. The van der Waals surface area contributed by atoms with Gasteiger partial charge in [-0.25, -0.2) is 9.97 Å². The van der Waals surface area contributed by atoms with Crippen LogP contribution in [-0.4, -0.2) is 41.5 Å². The van der Waals surface area contributed by atoms with Crippen molar-refractivity contribution in [3.05, 3.63) is 23.7 Å². The SMILES string of the molecule is COCCOCCCCn1c(CCl)nc2ccc(C)nc21. The molecule has 0 unspecified atom stereocenters. The van der Waals surface area contributed by atoms with Gasteiger partial charge in [0.05, 0.1) is 19.1 Å². The maximum Gasteiger partial charge on any atom is 0.160 e. The van der Waals surface area contributed by atoms with Gasteiger partial charge >= 0.3 is 0 Å². The lowest BCUT2D eigenvalue weighted by atomic mass is 10.3. The number of nitrogens with zero attached hydrogens (tertiary/aromatic N) is 3. The molecule has 2 rings (SSSR count). The van der Waals surface area contributed by atoms with E-state index in [2.05, 4.69) is 14.5 Å². The summed E-state index contributed by atoms with van der Waals surface area (Å²) in [4.78, 5) is 9.11. The third-order valence-corrected chi connectivity index (χ3v) is 3.52. The third-order valence-electron chi connectivity index (χ3n) is 3.28. The molecule has 0 saturated heterocycles. The van der Waals surface area contributed by atoms with E-state index in [0.29, 0.717) is 19.1 Å². The van der Waals surface area contributed by atoms with Gasteiger partial charge in [0.25, 0.3) is 0 Å². The minimum atomic E-state index is 0.403. The Morgan fingerprint density at radius 3 is 2.76 bits per heavy atom. The lowest BCUT2D eigenvalue weighted by Gasteiger charge is -2.08. The summed E-state index contributed by atoms with van der Waals surface area (Å²) in [5.74, 6) is 1.28. The van der Waals surface area contributed by atoms with Crippen LogP contribution in [0.3, 0.4) is 0 Å². The molecule has 0 saturated carbocycles. The van der Waals surface area contributed by atoms with Crippen LogP contribution in [0, 0.1) is 6.92 Å². The number of aromatic nitrogens is 3. The van der Waals surface area contributed by atoms with Crippen LogP contribution in [0.2, 0.25) is 0 Å². The highest BCUT2D eigenvalue weighted by Crippen LogP contribution is 2.17. The van der Waals surface area contributed by atoms with Crippen molar-refractivity contribution in [2.75, 3.05) is 26.9 Å². The number of methoxy groups -OCH3 is 1. The van der Waals surface area contributed by atoms with Gasteiger partial charge in [-0.15, -0.1) is 11.6 Å². The summed E-state index contributed by atoms with van der Waals surface area (Å²) in [6, 6.07) is 3.97. The second kappa shape index (κ2) is 8.32. The Bertz CT molecular complexity index is 571. The predicted molar refractivity (Wildman–Crippen MR) is 83.8 cm³/mol. The second-order valence-corrected chi connectivity index (χ2v) is 5.19. The number of pyridine rings is 1. The number of alkyl halides is 1. The molecular formula is C15H22ClN3O2. The van der Waals surface area contributed by atoms with E-state index in [4.69, 9.17) is 21.1 Å². The van der Waals surface area contributed by atoms with Gasteiger partial charge < -0.3 is 14.0 Å². The van der Waals surface area contributed by atoms with Gasteiger partial charge in [0.1, 0.15) is 11.3 Å². The van der Waals surface area contributed by atoms with Crippen molar-refractivity contribution in [2.45, 2.75) is 32.2 Å². The zero-order valence-corrected chi connectivity index (χ0v) is 13.4. The summed E-state index contributed by atoms with van der Waals surface area (Å²) in [5, 5.41) is 0. The highest BCUT2D eigenvalue weighted by atomic mass is 35.5. The Balaban J connectivity index is 1.92. The molecule has 5 nitrogen and oxygen atoms in total. The number of ether oxygens (including phenoxy) is 2. The number of hydrogen-bond donors (Lipinski definition) is 0. The van der Waals surface area contributed by atoms with Crippen molar-refractivity contribution in [3.63, 3.8) is 0 Å². The number of unbranched alkanes of at least 4 members (excludes halogenated alkanes) is 1. The van der Waals surface area contributed by atoms with Crippen molar-refractivity contribution in [1.29, 1.82) is 0 Å². The monoisotopic (exact) mass is 311 g/mol. The van der Waals surface area contributed by atoms with Gasteiger partial charge in [0, 0.05) is 26.0 Å². The molecule has 0 bridgehead atoms. The van der Waals surface area contributed by atoms with E-state index in [1.807, 2.05) is 19.1 Å². The van der Waals surface area contributed by atoms with Crippen LogP contribution in [-0.2, 0) is 21.9 Å². The van der Waals surface area contributed by atoms with Gasteiger partial charge in [-0.2, -0.15) is 0 Å². The Hall–Kier alpha value is -1.17. The van der Waals surface area contributed by atoms with E-state index in [9.17, 15) is 0 Å². The molecule has 0 amide bonds. The summed E-state index contributed by atoms with van der Waals surface area (Å²) < 4.78 is 12.5. The minimum absolute atomic E-state index is 0.403. The average Bonchev–Trinajstić information content (AvgIpc) is 2.83. The smallest absolute Gasteiger partial charge is 0.160 e. The molecule has 116 valence electrons. The molecule has 6 heteroatoms. The fourth-order valence-electron chi connectivity index (χ4n) is 2.20. The Kier molecular flexibility index (Phi) is 6.42. The molecule has 0 aliphatic heterocycles. The first-order valence-electron chi connectivity index (χ1n) is 7.21. The van der Waals surface area contributed by atoms with E-state index in [-0.39, 0.29) is 0 Å². The fraction of sp³-hybridized carbons (Fsp3) is 0.600. The quantitative estimate of drug-likeness (QED) is 0.528. The van der Waals surface area contributed by atoms with Crippen molar-refractivity contribution < 1.29 is 9.47 Å². The van der Waals surface area contributed by atoms with E-state index >= 15 is 0 Å². The average molecular weight is 312 g/mol. The van der Waals surface area contributed by atoms with Crippen molar-refractivity contribution >= 4 is 22.8 Å². The molecule has 0 atom stereocenters. The van der Waals surface area contributed by atoms with E-state index in [0.717, 1.165) is 48.7 Å². The molecule has 0 aliphatic rings. The number of halogens is 1. The number of aryl methyl sites for hydroxylation is 2. The van der Waals surface area contributed by atoms with Gasteiger partial charge in [-0.05, 0) is 31.9 Å². The van der Waals surface area contributed by atoms with Crippen LogP contribution in [0.15, 0.2) is 12.1 Å². The predicted octanol–water partition coefficient (Wildman–Crippen LogP) is 2.92. The maximum atomic E-state index is 5.99. The molecule has 0 spiro atoms. The molecule has 0 aliphatic carbocycles. The minimum Gasteiger partial charge on any atom is -0.382 e. The topological polar surface area (TPSA) is 49.2 Å². The lowest BCUT2D eigenvalue weighted by Crippen LogP contribution is -2.06. The van der Waals surface area contributed by atoms with Crippen LogP contribution in [0.25, 0.3) is 11.2 Å². The summed E-state index contributed by atoms with van der Waals surface area (Å²) in [7, 11) is 1.68. The molecule has 2 aromatic heterocycles. The van der Waals surface area contributed by atoms with Gasteiger partial charge in [0.15, 0.2) is 5.65 Å². The Labute approximate surface area is 130 Å². The zero-order valence-electron chi connectivity index (χ0n) is 12.6. The van der Waals surface area contributed by atoms with Crippen LogP contribution < -0.4 is 0 Å². The Morgan fingerprint density at radius 2 is 2.00 bits per heavy atom. The molecule has 2 aromatic rings. The summed E-state index contributed by atoms with van der Waals surface area (Å²) in [5.41, 5.74) is 2.83. The maximum absolute atomic E-state index is 5.99. The molecule has 0 N–H and O–H groups in total. The van der Waals surface area contributed by atoms with E-state index < -0.39 is 0 Å². The molecule has 2 heterocycles. The van der Waals surface area contributed by atoms with Gasteiger partial charge in [0.2, 0.25) is 0 Å². The molecule has 0 fully saturated rings. The zero-order chi connectivity index (χ0) is 15.1. The summed E-state index contributed by atoms with van der Waals surface area (Å²) in [6.45, 7) is 4.89. The highest BCUT2D eigenvalue weighted by molar-refractivity contribution is 6.16. The van der Waals surface area contributed by atoms with Crippen LogP contribution in [0.4, 0.5) is 0 Å². The summed E-state index contributed by atoms with van der Waals surface area (Å²) in [6.07, 6.45) is 2.01. The first-order valence-corrected chi connectivity index (χ1v) is 7.75. The normalized spacial score (nSPS) is 11.4. The standard InChI is InChI=1S/C15H22ClN3O2/c1-12-5-6-13-15(17-12)19(14(11-16)18-13)7-3-4-8-21-10-9-20-2/h5-6H,3-4,7-11H2,1-2H3. The second-order valence-electron chi connectivity index (χ2n) is 4.92. The van der Waals surface area contributed by atoms with Crippen molar-refractivity contribution in [3.8, 4) is 0 Å². The van der Waals surface area contributed by atoms with Crippen molar-refractivity contribution in [2.24, 2.45) is 0 Å². The highest BCUT2D eigenvalue weighted by Gasteiger charge is 2.10. The third kappa shape index (κ3) is 4.40. The number of fused-ring (bicyclic) bond motifs is 1. The first-order chi connectivity index (χ1) is 10.3. The van der Waals surface area contributed by atoms with E-state index in [1.165, 1.54) is 0 Å². The number of imidazole rings is 1. The van der Waals surface area contributed by atoms with Crippen molar-refractivity contribution in [1.82, 2.24) is 14.5 Å². The Morgan fingerprint density at radius 1 is 1.14 bits per heavy atom. The molecule has 0 aromatic carbocycles. The number of hydrogen-bond acceptors (Lipinski definition) is 4. The van der Waals surface area contributed by atoms with Gasteiger partial charge in [-0.1, -0.05) is 0 Å². The molecule has 21 heavy (non-hydrogen) atoms. The van der Waals surface area contributed by atoms with Crippen LogP contribution in [0.1, 0.15) is 24.4 Å². The van der Waals surface area contributed by atoms with Crippen LogP contribution >= 0.6 is 11.6 Å². The van der Waals surface area contributed by atoms with E-state index in [1.54, 1.807) is 7.11 Å². The molecule has 0 radical (unpaired) electrons.